The molecule has 3 aromatic rings. The number of nitrogens with zero attached hydrogens (tertiary/aromatic N) is 1. The maximum absolute atomic E-state index is 13.0. The van der Waals surface area contributed by atoms with E-state index in [1.54, 1.807) is 54.6 Å². The van der Waals surface area contributed by atoms with E-state index in [0.717, 1.165) is 23.2 Å². The molecular formula is C24H20ClN3O4S. The molecule has 2 N–H and O–H groups in total. The van der Waals surface area contributed by atoms with Gasteiger partial charge in [0.1, 0.15) is 0 Å². The highest BCUT2D eigenvalue weighted by Crippen LogP contribution is 2.50. The molecule has 0 amide bonds. The molecule has 0 radical (unpaired) electrons. The Morgan fingerprint density at radius 3 is 2.58 bits per heavy atom. The van der Waals surface area contributed by atoms with Crippen LogP contribution in [-0.4, -0.2) is 13.3 Å². The highest BCUT2D eigenvalue weighted by molar-refractivity contribution is 7.92. The summed E-state index contributed by atoms with van der Waals surface area (Å²) in [4.78, 5) is 10.8. The summed E-state index contributed by atoms with van der Waals surface area (Å²) < 4.78 is 28.6. The van der Waals surface area contributed by atoms with Crippen molar-refractivity contribution in [3.8, 4) is 0 Å². The molecule has 0 spiro atoms. The van der Waals surface area contributed by atoms with E-state index in [-0.39, 0.29) is 28.5 Å². The number of benzene rings is 3. The number of halogens is 1. The zero-order valence-corrected chi connectivity index (χ0v) is 18.9. The molecule has 0 fully saturated rings. The third-order valence-electron chi connectivity index (χ3n) is 6.18. The molecule has 0 bridgehead atoms. The fraction of sp³-hybridized carbons (Fsp3) is 0.167. The summed E-state index contributed by atoms with van der Waals surface area (Å²) in [6.07, 6.45) is 5.05. The lowest BCUT2D eigenvalue weighted by molar-refractivity contribution is -0.384. The van der Waals surface area contributed by atoms with Crippen LogP contribution in [0.25, 0.3) is 0 Å². The number of nitro groups is 1. The van der Waals surface area contributed by atoms with Crippen molar-refractivity contribution >= 4 is 38.7 Å². The first kappa shape index (κ1) is 21.5. The summed E-state index contributed by atoms with van der Waals surface area (Å²) in [6, 6.07) is 18.2. The van der Waals surface area contributed by atoms with E-state index in [1.807, 2.05) is 0 Å². The number of rotatable bonds is 5. The van der Waals surface area contributed by atoms with Crippen LogP contribution in [0.2, 0.25) is 5.02 Å². The minimum atomic E-state index is -3.80. The molecule has 9 heteroatoms. The summed E-state index contributed by atoms with van der Waals surface area (Å²) >= 11 is 5.98. The number of nitro benzene ring substituents is 1. The first-order valence-corrected chi connectivity index (χ1v) is 12.3. The molecular weight excluding hydrogens is 462 g/mol. The molecule has 5 rings (SSSR count). The van der Waals surface area contributed by atoms with Gasteiger partial charge in [0.05, 0.1) is 21.5 Å². The van der Waals surface area contributed by atoms with Crippen molar-refractivity contribution in [3.63, 3.8) is 0 Å². The molecule has 33 heavy (non-hydrogen) atoms. The quantitative estimate of drug-likeness (QED) is 0.269. The smallest absolute Gasteiger partial charge is 0.269 e. The van der Waals surface area contributed by atoms with Crippen molar-refractivity contribution in [2.75, 3.05) is 10.0 Å². The van der Waals surface area contributed by atoms with E-state index >= 15 is 0 Å². The Morgan fingerprint density at radius 2 is 1.85 bits per heavy atom. The van der Waals surface area contributed by atoms with Crippen LogP contribution < -0.4 is 10.0 Å². The van der Waals surface area contributed by atoms with E-state index in [0.29, 0.717) is 10.7 Å². The van der Waals surface area contributed by atoms with E-state index in [4.69, 9.17) is 11.6 Å². The summed E-state index contributed by atoms with van der Waals surface area (Å²) in [5.41, 5.74) is 3.19. The Balaban J connectivity index is 1.47. The van der Waals surface area contributed by atoms with Crippen LogP contribution in [0.15, 0.2) is 83.8 Å². The fourth-order valence-electron chi connectivity index (χ4n) is 4.64. The van der Waals surface area contributed by atoms with Crippen molar-refractivity contribution in [1.29, 1.82) is 0 Å². The highest BCUT2D eigenvalue weighted by Gasteiger charge is 2.38. The van der Waals surface area contributed by atoms with Crippen LogP contribution in [0.5, 0.6) is 0 Å². The first-order chi connectivity index (χ1) is 15.8. The molecule has 0 saturated heterocycles. The van der Waals surface area contributed by atoms with Gasteiger partial charge in [-0.2, -0.15) is 0 Å². The minimum Gasteiger partial charge on any atom is -0.378 e. The second kappa shape index (κ2) is 8.20. The Labute approximate surface area is 196 Å². The van der Waals surface area contributed by atoms with Crippen LogP contribution in [0, 0.1) is 16.0 Å². The molecule has 7 nitrogen and oxygen atoms in total. The van der Waals surface area contributed by atoms with Crippen LogP contribution in [0.3, 0.4) is 0 Å². The summed E-state index contributed by atoms with van der Waals surface area (Å²) in [5.74, 6) is 0.223. The number of anilines is 2. The van der Waals surface area contributed by atoms with Gasteiger partial charge in [-0.25, -0.2) is 8.42 Å². The zero-order chi connectivity index (χ0) is 23.2. The van der Waals surface area contributed by atoms with Gasteiger partial charge in [0.15, 0.2) is 0 Å². The standard InChI is InChI=1S/C24H20ClN3O4S/c25-16-3-1-4-17(13-16)27-33(31,32)19-11-12-23-22(14-19)20-5-2-6-21(20)24(26-23)15-7-9-18(10-8-15)28(29)30/h1-5,7-14,20-21,24,26-27H,6H2/t20-,21+,24+/m0/s1. The van der Waals surface area contributed by atoms with Crippen molar-refractivity contribution in [2.45, 2.75) is 23.3 Å². The van der Waals surface area contributed by atoms with E-state index in [2.05, 4.69) is 22.2 Å². The zero-order valence-electron chi connectivity index (χ0n) is 17.3. The SMILES string of the molecule is O=[N+]([O-])c1ccc([C@H]2Nc3ccc(S(=O)(=O)Nc4cccc(Cl)c4)cc3[C@H]3C=CC[C@H]32)cc1. The van der Waals surface area contributed by atoms with Gasteiger partial charge in [0.2, 0.25) is 0 Å². The Kier molecular flexibility index (Phi) is 5.34. The van der Waals surface area contributed by atoms with Crippen molar-refractivity contribution < 1.29 is 13.3 Å². The average molecular weight is 482 g/mol. The van der Waals surface area contributed by atoms with Gasteiger partial charge >= 0.3 is 0 Å². The van der Waals surface area contributed by atoms with E-state index in [1.165, 1.54) is 12.1 Å². The third-order valence-corrected chi connectivity index (χ3v) is 7.80. The number of nitrogens with one attached hydrogen (secondary N) is 2. The number of hydrogen-bond donors (Lipinski definition) is 2. The largest absolute Gasteiger partial charge is 0.378 e. The second-order valence-electron chi connectivity index (χ2n) is 8.19. The molecule has 1 aliphatic heterocycles. The van der Waals surface area contributed by atoms with Gasteiger partial charge in [-0.1, -0.05) is 42.0 Å². The van der Waals surface area contributed by atoms with E-state index < -0.39 is 14.9 Å². The van der Waals surface area contributed by atoms with E-state index in [9.17, 15) is 18.5 Å². The Hall–Kier alpha value is -3.36. The van der Waals surface area contributed by atoms with Gasteiger partial charge in [0.25, 0.3) is 15.7 Å². The summed E-state index contributed by atoms with van der Waals surface area (Å²) in [5, 5.41) is 15.0. The van der Waals surface area contributed by atoms with Crippen molar-refractivity contribution in [2.24, 2.45) is 5.92 Å². The Morgan fingerprint density at radius 1 is 1.06 bits per heavy atom. The lowest BCUT2D eigenvalue weighted by atomic mass is 9.77. The van der Waals surface area contributed by atoms with Crippen LogP contribution in [-0.2, 0) is 10.0 Å². The van der Waals surface area contributed by atoms with Crippen LogP contribution >= 0.6 is 11.6 Å². The number of allylic oxidation sites excluding steroid dienone is 2. The molecule has 1 heterocycles. The number of fused-ring (bicyclic) bond motifs is 3. The van der Waals surface area contributed by atoms with Crippen molar-refractivity contribution in [1.82, 2.24) is 0 Å². The van der Waals surface area contributed by atoms with Gasteiger partial charge in [-0.3, -0.25) is 14.8 Å². The maximum Gasteiger partial charge on any atom is 0.269 e. The lowest BCUT2D eigenvalue weighted by Gasteiger charge is -2.37. The van der Waals surface area contributed by atoms with Crippen LogP contribution in [0.4, 0.5) is 17.1 Å². The monoisotopic (exact) mass is 481 g/mol. The van der Waals surface area contributed by atoms with Crippen molar-refractivity contribution in [3.05, 3.63) is 105 Å². The Bertz CT molecular complexity index is 1370. The van der Waals surface area contributed by atoms with Gasteiger partial charge < -0.3 is 5.32 Å². The number of sulfonamides is 1. The number of hydrogen-bond acceptors (Lipinski definition) is 5. The van der Waals surface area contributed by atoms with Gasteiger partial charge in [-0.05, 0) is 59.9 Å². The molecule has 0 unspecified atom stereocenters. The average Bonchev–Trinajstić information content (AvgIpc) is 3.28. The summed E-state index contributed by atoms with van der Waals surface area (Å²) in [6.45, 7) is 0. The second-order valence-corrected chi connectivity index (χ2v) is 10.3. The molecule has 3 aromatic carbocycles. The van der Waals surface area contributed by atoms with Gasteiger partial charge in [-0.15, -0.1) is 0 Å². The van der Waals surface area contributed by atoms with Gasteiger partial charge in [0, 0.05) is 28.8 Å². The first-order valence-electron chi connectivity index (χ1n) is 10.4. The molecule has 0 saturated carbocycles. The number of non-ortho nitro benzene ring substituents is 1. The third kappa shape index (κ3) is 4.07. The predicted molar refractivity (Wildman–Crippen MR) is 128 cm³/mol. The predicted octanol–water partition coefficient (Wildman–Crippen LogP) is 5.88. The molecule has 2 aliphatic rings. The minimum absolute atomic E-state index is 0.0367. The molecule has 0 aromatic heterocycles. The molecule has 168 valence electrons. The molecule has 3 atom stereocenters. The maximum atomic E-state index is 13.0. The lowest BCUT2D eigenvalue weighted by Crippen LogP contribution is -2.29. The fourth-order valence-corrected chi connectivity index (χ4v) is 5.91. The van der Waals surface area contributed by atoms with Crippen LogP contribution in [0.1, 0.15) is 29.5 Å². The molecule has 1 aliphatic carbocycles. The normalized spacial score (nSPS) is 21.1. The topological polar surface area (TPSA) is 101 Å². The highest BCUT2D eigenvalue weighted by atomic mass is 35.5. The summed E-state index contributed by atoms with van der Waals surface area (Å²) in [7, 11) is -3.80.